The summed E-state index contributed by atoms with van der Waals surface area (Å²) in [5.74, 6) is 0.347. The Morgan fingerprint density at radius 3 is 2.64 bits per heavy atom. The van der Waals surface area contributed by atoms with Gasteiger partial charge in [0, 0.05) is 39.4 Å². The van der Waals surface area contributed by atoms with Crippen molar-refractivity contribution in [3.05, 3.63) is 11.6 Å². The highest BCUT2D eigenvalue weighted by Crippen LogP contribution is 2.41. The van der Waals surface area contributed by atoms with E-state index in [1.807, 2.05) is 23.6 Å². The van der Waals surface area contributed by atoms with Crippen LogP contribution >= 0.6 is 0 Å². The van der Waals surface area contributed by atoms with E-state index in [2.05, 4.69) is 0 Å². The van der Waals surface area contributed by atoms with E-state index in [0.29, 0.717) is 19.7 Å². The fourth-order valence-corrected chi connectivity index (χ4v) is 3.52. The zero-order chi connectivity index (χ0) is 16.2. The van der Waals surface area contributed by atoms with Crippen LogP contribution in [0.5, 0.6) is 0 Å². The van der Waals surface area contributed by atoms with Crippen molar-refractivity contribution in [3.63, 3.8) is 0 Å². The molecule has 1 spiro atoms. The molecule has 0 N–H and O–H groups in total. The summed E-state index contributed by atoms with van der Waals surface area (Å²) in [6.07, 6.45) is 5.21. The van der Waals surface area contributed by atoms with E-state index in [1.165, 1.54) is 0 Å². The van der Waals surface area contributed by atoms with Crippen LogP contribution < -0.4 is 0 Å². The lowest BCUT2D eigenvalue weighted by atomic mass is 9.79. The molecule has 0 aliphatic carbocycles. The highest BCUT2D eigenvalue weighted by Gasteiger charge is 2.46. The minimum absolute atomic E-state index is 0.0822. The molecule has 1 unspecified atom stereocenters. The molecule has 0 saturated carbocycles. The van der Waals surface area contributed by atoms with E-state index in [0.717, 1.165) is 44.3 Å². The van der Waals surface area contributed by atoms with Gasteiger partial charge in [-0.3, -0.25) is 9.59 Å². The molecule has 22 heavy (non-hydrogen) atoms. The second-order valence-corrected chi connectivity index (χ2v) is 6.72. The van der Waals surface area contributed by atoms with Crippen LogP contribution in [0.2, 0.25) is 0 Å². The van der Waals surface area contributed by atoms with E-state index in [4.69, 9.17) is 4.74 Å². The zero-order valence-electron chi connectivity index (χ0n) is 14.1. The van der Waals surface area contributed by atoms with E-state index in [1.54, 1.807) is 13.2 Å². The molecule has 2 saturated heterocycles. The molecule has 0 aromatic carbocycles. The van der Waals surface area contributed by atoms with Crippen LogP contribution in [0.15, 0.2) is 11.6 Å². The Balaban J connectivity index is 1.99. The third-order valence-electron chi connectivity index (χ3n) is 4.83. The van der Waals surface area contributed by atoms with Crippen molar-refractivity contribution in [2.45, 2.75) is 39.5 Å². The number of hydrogen-bond donors (Lipinski definition) is 0. The number of allylic oxidation sites excluding steroid dienone is 1. The first-order valence-electron chi connectivity index (χ1n) is 8.21. The first-order valence-corrected chi connectivity index (χ1v) is 8.21. The predicted molar refractivity (Wildman–Crippen MR) is 85.4 cm³/mol. The van der Waals surface area contributed by atoms with Gasteiger partial charge in [0.15, 0.2) is 0 Å². The maximum absolute atomic E-state index is 12.8. The Bertz CT molecular complexity index is 457. The Morgan fingerprint density at radius 1 is 1.23 bits per heavy atom. The maximum atomic E-state index is 12.8. The highest BCUT2D eigenvalue weighted by atomic mass is 16.5. The lowest BCUT2D eigenvalue weighted by Gasteiger charge is -2.26. The molecular weight excluding hydrogens is 280 g/mol. The Kier molecular flexibility index (Phi) is 5.62. The number of carbonyl (C=O) groups excluding carboxylic acids is 2. The lowest BCUT2D eigenvalue weighted by Crippen LogP contribution is -2.37. The molecule has 2 heterocycles. The third kappa shape index (κ3) is 3.69. The highest BCUT2D eigenvalue weighted by molar-refractivity contribution is 5.88. The van der Waals surface area contributed by atoms with E-state index < -0.39 is 0 Å². The summed E-state index contributed by atoms with van der Waals surface area (Å²) in [4.78, 5) is 28.8. The molecule has 0 bridgehead atoms. The Hall–Kier alpha value is -1.36. The summed E-state index contributed by atoms with van der Waals surface area (Å²) < 4.78 is 5.08. The summed E-state index contributed by atoms with van der Waals surface area (Å²) in [6.45, 7) is 7.41. The second-order valence-electron chi connectivity index (χ2n) is 6.72. The minimum atomic E-state index is -0.242. The predicted octanol–water partition coefficient (Wildman–Crippen LogP) is 1.83. The van der Waals surface area contributed by atoms with Crippen molar-refractivity contribution in [2.75, 3.05) is 39.9 Å². The summed E-state index contributed by atoms with van der Waals surface area (Å²) in [6, 6.07) is 0. The number of methoxy groups -OCH3 is 1. The van der Waals surface area contributed by atoms with Crippen molar-refractivity contribution in [1.29, 1.82) is 0 Å². The summed E-state index contributed by atoms with van der Waals surface area (Å²) >= 11 is 0. The van der Waals surface area contributed by atoms with Crippen molar-refractivity contribution >= 4 is 11.8 Å². The van der Waals surface area contributed by atoms with Gasteiger partial charge in [0.25, 0.3) is 0 Å². The van der Waals surface area contributed by atoms with Crippen LogP contribution in [0.4, 0.5) is 0 Å². The number of ether oxygens (including phenoxy) is 1. The van der Waals surface area contributed by atoms with E-state index >= 15 is 0 Å². The molecule has 0 aromatic heterocycles. The Morgan fingerprint density at radius 2 is 1.95 bits per heavy atom. The average Bonchev–Trinajstić information content (AvgIpc) is 2.64. The van der Waals surface area contributed by atoms with Gasteiger partial charge in [0.05, 0.1) is 12.0 Å². The molecule has 2 amide bonds. The fraction of sp³-hybridized carbons (Fsp3) is 0.765. The SMILES string of the molecule is COCCN1CCC2(CCCN(C(=O)C=C(C)C)CC2)C1=O. The topological polar surface area (TPSA) is 49.9 Å². The number of carbonyl (C=O) groups is 2. The second kappa shape index (κ2) is 7.27. The normalized spacial score (nSPS) is 25.5. The van der Waals surface area contributed by atoms with Crippen LogP contribution in [0.3, 0.4) is 0 Å². The molecule has 2 aliphatic heterocycles. The van der Waals surface area contributed by atoms with Crippen molar-refractivity contribution in [1.82, 2.24) is 9.80 Å². The molecule has 0 aromatic rings. The molecular formula is C17H28N2O3. The van der Waals surface area contributed by atoms with Gasteiger partial charge < -0.3 is 14.5 Å². The monoisotopic (exact) mass is 308 g/mol. The fourth-order valence-electron chi connectivity index (χ4n) is 3.52. The number of rotatable bonds is 4. The maximum Gasteiger partial charge on any atom is 0.246 e. The molecule has 2 fully saturated rings. The van der Waals surface area contributed by atoms with Crippen LogP contribution in [-0.2, 0) is 14.3 Å². The van der Waals surface area contributed by atoms with Crippen LogP contribution in [0.25, 0.3) is 0 Å². The quantitative estimate of drug-likeness (QED) is 0.745. The summed E-state index contributed by atoms with van der Waals surface area (Å²) in [5.41, 5.74) is 0.778. The van der Waals surface area contributed by atoms with Crippen LogP contribution in [-0.4, -0.2) is 61.5 Å². The molecule has 5 heteroatoms. The molecule has 0 radical (unpaired) electrons. The zero-order valence-corrected chi connectivity index (χ0v) is 14.1. The lowest BCUT2D eigenvalue weighted by molar-refractivity contribution is -0.137. The van der Waals surface area contributed by atoms with Gasteiger partial charge >= 0.3 is 0 Å². The van der Waals surface area contributed by atoms with Gasteiger partial charge in [-0.2, -0.15) is 0 Å². The van der Waals surface area contributed by atoms with Gasteiger partial charge in [-0.05, 0) is 39.5 Å². The number of amides is 2. The number of hydrogen-bond acceptors (Lipinski definition) is 3. The van der Waals surface area contributed by atoms with Crippen molar-refractivity contribution < 1.29 is 14.3 Å². The molecule has 1 atom stereocenters. The van der Waals surface area contributed by atoms with Gasteiger partial charge in [-0.15, -0.1) is 0 Å². The largest absolute Gasteiger partial charge is 0.383 e. The smallest absolute Gasteiger partial charge is 0.246 e. The van der Waals surface area contributed by atoms with Crippen molar-refractivity contribution in [2.24, 2.45) is 5.41 Å². The summed E-state index contributed by atoms with van der Waals surface area (Å²) in [5, 5.41) is 0. The third-order valence-corrected chi connectivity index (χ3v) is 4.83. The Labute approximate surface area is 133 Å². The average molecular weight is 308 g/mol. The number of likely N-dealkylation sites (tertiary alicyclic amines) is 2. The molecule has 124 valence electrons. The molecule has 5 nitrogen and oxygen atoms in total. The van der Waals surface area contributed by atoms with Crippen LogP contribution in [0.1, 0.15) is 39.5 Å². The molecule has 2 aliphatic rings. The van der Waals surface area contributed by atoms with E-state index in [9.17, 15) is 9.59 Å². The van der Waals surface area contributed by atoms with Crippen molar-refractivity contribution in [3.8, 4) is 0 Å². The summed E-state index contributed by atoms with van der Waals surface area (Å²) in [7, 11) is 1.66. The minimum Gasteiger partial charge on any atom is -0.383 e. The van der Waals surface area contributed by atoms with E-state index in [-0.39, 0.29) is 17.2 Å². The van der Waals surface area contributed by atoms with Crippen LogP contribution in [0, 0.1) is 5.41 Å². The van der Waals surface area contributed by atoms with Gasteiger partial charge in [0.1, 0.15) is 0 Å². The number of nitrogens with zero attached hydrogens (tertiary/aromatic N) is 2. The van der Waals surface area contributed by atoms with Gasteiger partial charge in [-0.25, -0.2) is 0 Å². The van der Waals surface area contributed by atoms with Gasteiger partial charge in [0.2, 0.25) is 11.8 Å². The molecule has 2 rings (SSSR count). The standard InChI is InChI=1S/C17H28N2O3/c1-14(2)13-15(20)18-8-4-5-17(6-9-18)7-10-19(16(17)21)11-12-22-3/h13H,4-12H2,1-3H3. The first-order chi connectivity index (χ1) is 10.5. The first kappa shape index (κ1) is 17.0. The van der Waals surface area contributed by atoms with Gasteiger partial charge in [-0.1, -0.05) is 5.57 Å².